The van der Waals surface area contributed by atoms with Crippen molar-refractivity contribution < 1.29 is 17.9 Å². The molecule has 0 aliphatic carbocycles. The highest BCUT2D eigenvalue weighted by molar-refractivity contribution is 7.15. The number of aromatic nitrogens is 5. The first kappa shape index (κ1) is 24.0. The number of H-pyrrole nitrogens is 2. The second-order valence-electron chi connectivity index (χ2n) is 7.35. The molecule has 0 aliphatic rings. The van der Waals surface area contributed by atoms with E-state index in [4.69, 9.17) is 16.3 Å². The van der Waals surface area contributed by atoms with E-state index in [1.54, 1.807) is 24.3 Å². The van der Waals surface area contributed by atoms with Crippen LogP contribution >= 0.6 is 22.9 Å². The molecule has 0 atom stereocenters. The number of alkyl halides is 3. The van der Waals surface area contributed by atoms with Gasteiger partial charge < -0.3 is 9.72 Å². The SMILES string of the molecule is CCc1ccc(-c2c(Cl)c(-c3ccc(OCCCC(F)(F)F)cc3)[nH]c(=O)c2-c2nnn[nH]2)s1. The maximum absolute atomic E-state index is 13.1. The van der Waals surface area contributed by atoms with Crippen molar-refractivity contribution in [1.82, 2.24) is 25.6 Å². The number of nitrogens with one attached hydrogen (secondary N) is 2. The predicted molar refractivity (Wildman–Crippen MR) is 124 cm³/mol. The Hall–Kier alpha value is -3.18. The largest absolute Gasteiger partial charge is 0.494 e. The van der Waals surface area contributed by atoms with Crippen molar-refractivity contribution in [3.63, 3.8) is 0 Å². The smallest absolute Gasteiger partial charge is 0.389 e. The quantitative estimate of drug-likeness (QED) is 0.289. The summed E-state index contributed by atoms with van der Waals surface area (Å²) >= 11 is 8.35. The minimum absolute atomic E-state index is 0.0569. The number of halogens is 4. The van der Waals surface area contributed by atoms with Crippen LogP contribution in [0.3, 0.4) is 0 Å². The molecule has 34 heavy (non-hydrogen) atoms. The lowest BCUT2D eigenvalue weighted by Gasteiger charge is -2.13. The van der Waals surface area contributed by atoms with E-state index < -0.39 is 18.2 Å². The van der Waals surface area contributed by atoms with Crippen molar-refractivity contribution >= 4 is 22.9 Å². The average Bonchev–Trinajstić information content (AvgIpc) is 3.50. The number of pyridine rings is 1. The first-order valence-electron chi connectivity index (χ1n) is 10.4. The number of hydrogen-bond donors (Lipinski definition) is 2. The first-order chi connectivity index (χ1) is 16.3. The van der Waals surface area contributed by atoms with Gasteiger partial charge in [-0.2, -0.15) is 13.2 Å². The van der Waals surface area contributed by atoms with Gasteiger partial charge in [-0.15, -0.1) is 16.4 Å². The maximum Gasteiger partial charge on any atom is 0.389 e. The second kappa shape index (κ2) is 9.98. The molecule has 0 spiro atoms. The molecule has 0 aliphatic heterocycles. The molecule has 2 N–H and O–H groups in total. The van der Waals surface area contributed by atoms with Crippen molar-refractivity contribution in [3.05, 3.63) is 56.7 Å². The molecular formula is C22H19ClF3N5O2S. The third kappa shape index (κ3) is 5.31. The summed E-state index contributed by atoms with van der Waals surface area (Å²) in [6.45, 7) is 1.98. The first-order valence-corrected chi connectivity index (χ1v) is 11.5. The monoisotopic (exact) mass is 509 g/mol. The van der Waals surface area contributed by atoms with Gasteiger partial charge in [0, 0.05) is 21.7 Å². The van der Waals surface area contributed by atoms with E-state index in [0.717, 1.165) is 16.2 Å². The van der Waals surface area contributed by atoms with Crippen molar-refractivity contribution in [2.75, 3.05) is 6.61 Å². The predicted octanol–water partition coefficient (Wildman–Crippen LogP) is 5.89. The van der Waals surface area contributed by atoms with Crippen LogP contribution in [0.15, 0.2) is 41.2 Å². The van der Waals surface area contributed by atoms with Crippen LogP contribution in [0.4, 0.5) is 13.2 Å². The lowest BCUT2D eigenvalue weighted by Crippen LogP contribution is -2.13. The minimum Gasteiger partial charge on any atom is -0.494 e. The fraction of sp³-hybridized carbons (Fsp3) is 0.273. The van der Waals surface area contributed by atoms with Crippen molar-refractivity contribution in [2.24, 2.45) is 0 Å². The fourth-order valence-corrected chi connectivity index (χ4v) is 4.80. The van der Waals surface area contributed by atoms with E-state index in [0.29, 0.717) is 27.6 Å². The zero-order valence-corrected chi connectivity index (χ0v) is 19.4. The number of ether oxygens (including phenoxy) is 1. The Morgan fingerprint density at radius 1 is 1.12 bits per heavy atom. The van der Waals surface area contributed by atoms with E-state index in [1.165, 1.54) is 11.3 Å². The Bertz CT molecular complexity index is 1320. The number of aromatic amines is 2. The lowest BCUT2D eigenvalue weighted by molar-refractivity contribution is -0.136. The fourth-order valence-electron chi connectivity index (χ4n) is 3.38. The van der Waals surface area contributed by atoms with Crippen molar-refractivity contribution in [2.45, 2.75) is 32.4 Å². The molecule has 0 unspecified atom stereocenters. The summed E-state index contributed by atoms with van der Waals surface area (Å²) in [6, 6.07) is 10.5. The highest BCUT2D eigenvalue weighted by atomic mass is 35.5. The molecule has 0 fully saturated rings. The number of benzene rings is 1. The molecule has 0 radical (unpaired) electrons. The molecule has 4 rings (SSSR count). The molecule has 4 aromatic rings. The van der Waals surface area contributed by atoms with Gasteiger partial charge >= 0.3 is 6.18 Å². The van der Waals surface area contributed by atoms with Gasteiger partial charge in [0.25, 0.3) is 5.56 Å². The highest BCUT2D eigenvalue weighted by Gasteiger charge is 2.26. The van der Waals surface area contributed by atoms with Crippen LogP contribution in [-0.2, 0) is 6.42 Å². The molecule has 0 saturated heterocycles. The molecule has 7 nitrogen and oxygen atoms in total. The summed E-state index contributed by atoms with van der Waals surface area (Å²) < 4.78 is 42.2. The van der Waals surface area contributed by atoms with Crippen LogP contribution in [-0.4, -0.2) is 38.4 Å². The summed E-state index contributed by atoms with van der Waals surface area (Å²) in [7, 11) is 0. The second-order valence-corrected chi connectivity index (χ2v) is 8.90. The van der Waals surface area contributed by atoms with E-state index in [-0.39, 0.29) is 24.4 Å². The topological polar surface area (TPSA) is 96.6 Å². The van der Waals surface area contributed by atoms with Crippen molar-refractivity contribution in [3.8, 4) is 38.8 Å². The van der Waals surface area contributed by atoms with Gasteiger partial charge in [-0.05, 0) is 65.2 Å². The summed E-state index contributed by atoms with van der Waals surface area (Å²) in [6.07, 6.45) is -4.41. The Labute approximate surface area is 201 Å². The highest BCUT2D eigenvalue weighted by Crippen LogP contribution is 2.42. The number of rotatable bonds is 8. The van der Waals surface area contributed by atoms with Crippen LogP contribution < -0.4 is 10.3 Å². The molecule has 0 saturated carbocycles. The number of aryl methyl sites for hydroxylation is 1. The molecule has 178 valence electrons. The van der Waals surface area contributed by atoms with Crippen molar-refractivity contribution in [1.29, 1.82) is 0 Å². The average molecular weight is 510 g/mol. The molecule has 0 bridgehead atoms. The van der Waals surface area contributed by atoms with Gasteiger partial charge in [-0.1, -0.05) is 18.5 Å². The number of hydrogen-bond acceptors (Lipinski definition) is 6. The third-order valence-electron chi connectivity index (χ3n) is 5.01. The van der Waals surface area contributed by atoms with Crippen LogP contribution in [0.25, 0.3) is 33.1 Å². The van der Waals surface area contributed by atoms with Gasteiger partial charge in [0.1, 0.15) is 5.75 Å². The van der Waals surface area contributed by atoms with Gasteiger partial charge in [0.2, 0.25) is 0 Å². The lowest BCUT2D eigenvalue weighted by atomic mass is 10.0. The maximum atomic E-state index is 13.1. The van der Waals surface area contributed by atoms with Gasteiger partial charge in [0.05, 0.1) is 22.9 Å². The Morgan fingerprint density at radius 2 is 1.88 bits per heavy atom. The third-order valence-corrected chi connectivity index (χ3v) is 6.63. The van der Waals surface area contributed by atoms with Gasteiger partial charge in [-0.3, -0.25) is 4.79 Å². The van der Waals surface area contributed by atoms with Gasteiger partial charge in [0.15, 0.2) is 5.82 Å². The molecule has 12 heteroatoms. The van der Waals surface area contributed by atoms with Gasteiger partial charge in [-0.25, -0.2) is 5.10 Å². The number of nitrogens with zero attached hydrogens (tertiary/aromatic N) is 3. The Balaban J connectivity index is 1.68. The zero-order chi connectivity index (χ0) is 24.3. The molecule has 3 aromatic heterocycles. The van der Waals surface area contributed by atoms with Crippen LogP contribution in [0.5, 0.6) is 5.75 Å². The van der Waals surface area contributed by atoms with E-state index in [9.17, 15) is 18.0 Å². The Morgan fingerprint density at radius 3 is 2.50 bits per heavy atom. The summed E-state index contributed by atoms with van der Waals surface area (Å²) in [5.41, 5.74) is 1.32. The molecule has 0 amide bonds. The summed E-state index contributed by atoms with van der Waals surface area (Å²) in [5.74, 6) is 0.610. The molecule has 3 heterocycles. The Kier molecular flexibility index (Phi) is 7.03. The van der Waals surface area contributed by atoms with Crippen LogP contribution in [0.1, 0.15) is 24.6 Å². The van der Waals surface area contributed by atoms with E-state index >= 15 is 0 Å². The minimum atomic E-state index is -4.21. The summed E-state index contributed by atoms with van der Waals surface area (Å²) in [4.78, 5) is 17.8. The van der Waals surface area contributed by atoms with Crippen LogP contribution in [0.2, 0.25) is 5.02 Å². The van der Waals surface area contributed by atoms with E-state index in [1.807, 2.05) is 19.1 Å². The zero-order valence-electron chi connectivity index (χ0n) is 17.9. The normalized spacial score (nSPS) is 11.7. The number of thiophene rings is 1. The van der Waals surface area contributed by atoms with E-state index in [2.05, 4.69) is 25.6 Å². The summed E-state index contributed by atoms with van der Waals surface area (Å²) in [5, 5.41) is 14.0. The standard InChI is InChI=1S/C22H19ClF3N5O2S/c1-2-14-8-9-15(34-14)16-17(20-28-30-31-29-20)21(32)27-19(18(16)23)12-4-6-13(7-5-12)33-11-3-10-22(24,25)26/h4-9H,2-3,10-11H2,1H3,(H,27,32)(H,28,29,30,31). The molecule has 1 aromatic carbocycles. The number of tetrazole rings is 1. The van der Waals surface area contributed by atoms with Crippen LogP contribution in [0, 0.1) is 0 Å². The molecular weight excluding hydrogens is 491 g/mol.